The molecule has 0 amide bonds. The van der Waals surface area contributed by atoms with Crippen molar-refractivity contribution in [1.29, 1.82) is 0 Å². The summed E-state index contributed by atoms with van der Waals surface area (Å²) in [6.45, 7) is 8.82. The molecule has 0 N–H and O–H groups in total. The molecule has 0 bridgehead atoms. The summed E-state index contributed by atoms with van der Waals surface area (Å²) in [5.74, 6) is 0.341. The van der Waals surface area contributed by atoms with Crippen LogP contribution in [-0.4, -0.2) is 7.05 Å². The monoisotopic (exact) mass is 363 g/mol. The summed E-state index contributed by atoms with van der Waals surface area (Å²) in [6.07, 6.45) is 9.00. The first kappa shape index (κ1) is 18.3. The van der Waals surface area contributed by atoms with Crippen LogP contribution < -0.4 is 4.90 Å². The van der Waals surface area contributed by atoms with Crippen molar-refractivity contribution < 1.29 is 4.39 Å². The number of fused-ring (bicyclic) bond motifs is 1. The molecule has 142 valence electrons. The molecule has 2 aromatic carbocycles. The zero-order chi connectivity index (χ0) is 19.3. The number of halogens is 1. The molecule has 27 heavy (non-hydrogen) atoms. The van der Waals surface area contributed by atoms with Gasteiger partial charge in [-0.15, -0.1) is 0 Å². The molecule has 0 saturated heterocycles. The lowest BCUT2D eigenvalue weighted by molar-refractivity contribution is 0.561. The highest BCUT2D eigenvalue weighted by atomic mass is 19.1. The van der Waals surface area contributed by atoms with Gasteiger partial charge < -0.3 is 4.90 Å². The minimum absolute atomic E-state index is 0.0371. The van der Waals surface area contributed by atoms with Gasteiger partial charge in [0, 0.05) is 18.3 Å². The molecule has 0 radical (unpaired) electrons. The Morgan fingerprint density at radius 2 is 1.74 bits per heavy atom. The van der Waals surface area contributed by atoms with Gasteiger partial charge >= 0.3 is 0 Å². The van der Waals surface area contributed by atoms with E-state index in [0.717, 1.165) is 29.7 Å². The minimum Gasteiger partial charge on any atom is -0.361 e. The Morgan fingerprint density at radius 3 is 2.44 bits per heavy atom. The SMILES string of the molecule is Cc1cc(C)c(C)c(C2(C)C=Cc3cc(F)c(C4CCCC4)cc3N2C)c1. The third kappa shape index (κ3) is 2.90. The van der Waals surface area contributed by atoms with Crippen molar-refractivity contribution in [3.63, 3.8) is 0 Å². The lowest BCUT2D eigenvalue weighted by Crippen LogP contribution is -2.42. The van der Waals surface area contributed by atoms with Crippen LogP contribution in [0.4, 0.5) is 10.1 Å². The Bertz CT molecular complexity index is 920. The molecule has 1 unspecified atom stereocenters. The molecule has 1 saturated carbocycles. The van der Waals surface area contributed by atoms with Crippen LogP contribution in [0.15, 0.2) is 30.3 Å². The fraction of sp³-hybridized carbons (Fsp3) is 0.440. The quantitative estimate of drug-likeness (QED) is 0.568. The smallest absolute Gasteiger partial charge is 0.127 e. The highest BCUT2D eigenvalue weighted by Crippen LogP contribution is 2.44. The summed E-state index contributed by atoms with van der Waals surface area (Å²) in [4.78, 5) is 2.33. The Labute approximate surface area is 162 Å². The average Bonchev–Trinajstić information content (AvgIpc) is 3.15. The van der Waals surface area contributed by atoms with Gasteiger partial charge in [0.15, 0.2) is 0 Å². The van der Waals surface area contributed by atoms with Crippen molar-refractivity contribution >= 4 is 11.8 Å². The number of aryl methyl sites for hydroxylation is 2. The number of anilines is 1. The Hall–Kier alpha value is -2.09. The van der Waals surface area contributed by atoms with Crippen LogP contribution in [0.3, 0.4) is 0 Å². The van der Waals surface area contributed by atoms with Crippen LogP contribution in [0.5, 0.6) is 0 Å². The second kappa shape index (κ2) is 6.51. The van der Waals surface area contributed by atoms with E-state index in [2.05, 4.69) is 70.0 Å². The molecule has 1 aliphatic heterocycles. The van der Waals surface area contributed by atoms with Crippen molar-refractivity contribution in [2.75, 3.05) is 11.9 Å². The van der Waals surface area contributed by atoms with E-state index in [-0.39, 0.29) is 11.4 Å². The summed E-state index contributed by atoms with van der Waals surface area (Å²) in [7, 11) is 2.15. The molecule has 2 aliphatic rings. The van der Waals surface area contributed by atoms with Crippen molar-refractivity contribution in [3.05, 3.63) is 69.5 Å². The van der Waals surface area contributed by atoms with E-state index >= 15 is 0 Å². The third-order valence-corrected chi connectivity index (χ3v) is 6.94. The topological polar surface area (TPSA) is 3.24 Å². The Balaban J connectivity index is 1.83. The van der Waals surface area contributed by atoms with Crippen LogP contribution in [0, 0.1) is 26.6 Å². The molecule has 1 aliphatic carbocycles. The zero-order valence-corrected chi connectivity index (χ0v) is 17.2. The second-order valence-electron chi connectivity index (χ2n) is 8.71. The van der Waals surface area contributed by atoms with E-state index in [0.29, 0.717) is 5.92 Å². The van der Waals surface area contributed by atoms with Gasteiger partial charge in [-0.2, -0.15) is 0 Å². The summed E-state index contributed by atoms with van der Waals surface area (Å²) in [6, 6.07) is 8.41. The summed E-state index contributed by atoms with van der Waals surface area (Å²) in [5, 5.41) is 0. The largest absolute Gasteiger partial charge is 0.361 e. The van der Waals surface area contributed by atoms with Crippen LogP contribution in [-0.2, 0) is 5.54 Å². The molecule has 0 aromatic heterocycles. The van der Waals surface area contributed by atoms with Crippen molar-refractivity contribution in [2.24, 2.45) is 0 Å². The standard InChI is InChI=1S/C25H30FN/c1-16-12-17(2)18(3)22(13-16)25(4)11-10-20-14-23(26)21(15-24(20)27(25)5)19-8-6-7-9-19/h10-15,19H,6-9H2,1-5H3. The number of nitrogens with zero attached hydrogens (tertiary/aromatic N) is 1. The van der Waals surface area contributed by atoms with Crippen LogP contribution >= 0.6 is 0 Å². The van der Waals surface area contributed by atoms with Crippen molar-refractivity contribution in [3.8, 4) is 0 Å². The predicted molar refractivity (Wildman–Crippen MR) is 113 cm³/mol. The zero-order valence-electron chi connectivity index (χ0n) is 17.2. The third-order valence-electron chi connectivity index (χ3n) is 6.94. The van der Waals surface area contributed by atoms with Crippen LogP contribution in [0.2, 0.25) is 0 Å². The molecule has 1 nitrogen and oxygen atoms in total. The fourth-order valence-corrected chi connectivity index (χ4v) is 5.02. The summed E-state index contributed by atoms with van der Waals surface area (Å²) >= 11 is 0. The molecule has 4 rings (SSSR count). The van der Waals surface area contributed by atoms with Gasteiger partial charge in [0.25, 0.3) is 0 Å². The Morgan fingerprint density at radius 1 is 1.04 bits per heavy atom. The van der Waals surface area contributed by atoms with Gasteiger partial charge in [-0.3, -0.25) is 0 Å². The lowest BCUT2D eigenvalue weighted by Gasteiger charge is -2.43. The number of benzene rings is 2. The highest BCUT2D eigenvalue weighted by Gasteiger charge is 2.35. The molecule has 2 aromatic rings. The summed E-state index contributed by atoms with van der Waals surface area (Å²) in [5.41, 5.74) is 8.07. The molecule has 2 heteroatoms. The normalized spacial score (nSPS) is 22.4. The van der Waals surface area contributed by atoms with Gasteiger partial charge in [0.2, 0.25) is 0 Å². The lowest BCUT2D eigenvalue weighted by atomic mass is 9.81. The highest BCUT2D eigenvalue weighted by molar-refractivity contribution is 5.75. The number of rotatable bonds is 2. The Kier molecular flexibility index (Phi) is 4.41. The number of hydrogen-bond donors (Lipinski definition) is 0. The number of hydrogen-bond acceptors (Lipinski definition) is 1. The van der Waals surface area contributed by atoms with E-state index in [1.807, 2.05) is 0 Å². The molecule has 1 heterocycles. The molecule has 1 atom stereocenters. The fourth-order valence-electron chi connectivity index (χ4n) is 5.02. The number of likely N-dealkylation sites (N-methyl/N-ethyl adjacent to an activating group) is 1. The van der Waals surface area contributed by atoms with E-state index in [1.54, 1.807) is 6.07 Å². The maximum Gasteiger partial charge on any atom is 0.127 e. The second-order valence-corrected chi connectivity index (χ2v) is 8.71. The minimum atomic E-state index is -0.237. The maximum absolute atomic E-state index is 14.8. The van der Waals surface area contributed by atoms with Crippen LogP contribution in [0.1, 0.15) is 71.9 Å². The van der Waals surface area contributed by atoms with Crippen LogP contribution in [0.25, 0.3) is 6.08 Å². The van der Waals surface area contributed by atoms with Gasteiger partial charge in [0.1, 0.15) is 5.82 Å². The van der Waals surface area contributed by atoms with Gasteiger partial charge in [-0.25, -0.2) is 4.39 Å². The first-order valence-electron chi connectivity index (χ1n) is 10.2. The average molecular weight is 364 g/mol. The van der Waals surface area contributed by atoms with Gasteiger partial charge in [-0.05, 0) is 80.8 Å². The van der Waals surface area contributed by atoms with E-state index in [9.17, 15) is 4.39 Å². The van der Waals surface area contributed by atoms with Gasteiger partial charge in [-0.1, -0.05) is 42.7 Å². The van der Waals surface area contributed by atoms with Crippen molar-refractivity contribution in [2.45, 2.75) is 64.8 Å². The molecular formula is C25H30FN. The molecule has 1 fully saturated rings. The maximum atomic E-state index is 14.8. The van der Waals surface area contributed by atoms with Gasteiger partial charge in [0.05, 0.1) is 5.54 Å². The molecule has 0 spiro atoms. The van der Waals surface area contributed by atoms with Crippen molar-refractivity contribution in [1.82, 2.24) is 0 Å². The van der Waals surface area contributed by atoms with E-state index in [1.165, 1.54) is 35.1 Å². The van der Waals surface area contributed by atoms with E-state index in [4.69, 9.17) is 0 Å². The summed E-state index contributed by atoms with van der Waals surface area (Å²) < 4.78 is 14.8. The van der Waals surface area contributed by atoms with E-state index < -0.39 is 0 Å². The first-order valence-corrected chi connectivity index (χ1v) is 10.2. The predicted octanol–water partition coefficient (Wildman–Crippen LogP) is 6.79. The first-order chi connectivity index (χ1) is 12.8. The molecular weight excluding hydrogens is 333 g/mol.